The zero-order valence-corrected chi connectivity index (χ0v) is 20.9. The van der Waals surface area contributed by atoms with Crippen molar-refractivity contribution in [2.24, 2.45) is 0 Å². The van der Waals surface area contributed by atoms with E-state index in [9.17, 15) is 13.2 Å². The molecule has 1 N–H and O–H groups in total. The topological polar surface area (TPSA) is 69.7 Å². The molecule has 8 heteroatoms. The normalized spacial score (nSPS) is 15.6. The summed E-state index contributed by atoms with van der Waals surface area (Å²) in [5.41, 5.74) is 4.71. The zero-order chi connectivity index (χ0) is 23.3. The highest BCUT2D eigenvalue weighted by atomic mass is 32.2. The van der Waals surface area contributed by atoms with Crippen LogP contribution in [-0.2, 0) is 14.8 Å². The zero-order valence-electron chi connectivity index (χ0n) is 19.3. The first-order valence-electron chi connectivity index (χ1n) is 10.9. The summed E-state index contributed by atoms with van der Waals surface area (Å²) in [4.78, 5) is 17.6. The highest BCUT2D eigenvalue weighted by Gasteiger charge is 2.31. The molecule has 1 aliphatic rings. The molecule has 0 spiro atoms. The minimum absolute atomic E-state index is 0.143. The van der Waals surface area contributed by atoms with Crippen LogP contribution in [-0.4, -0.2) is 63.5 Å². The Bertz CT molecular complexity index is 1030. The van der Waals surface area contributed by atoms with E-state index in [4.69, 9.17) is 0 Å². The molecule has 1 amide bonds. The smallest absolute Gasteiger partial charge is 0.241 e. The lowest BCUT2D eigenvalue weighted by Crippen LogP contribution is -2.55. The van der Waals surface area contributed by atoms with E-state index in [0.29, 0.717) is 25.3 Å². The van der Waals surface area contributed by atoms with Gasteiger partial charge in [0.25, 0.3) is 0 Å². The van der Waals surface area contributed by atoms with E-state index in [-0.39, 0.29) is 10.8 Å². The van der Waals surface area contributed by atoms with Gasteiger partial charge in [-0.1, -0.05) is 29.8 Å². The number of thioether (sulfide) groups is 1. The molecule has 1 saturated heterocycles. The number of nitrogens with one attached hydrogen (secondary N) is 1. The Hall–Kier alpha value is -2.03. The average molecular weight is 476 g/mol. The number of benzene rings is 2. The van der Waals surface area contributed by atoms with Crippen molar-refractivity contribution in [2.45, 2.75) is 38.1 Å². The van der Waals surface area contributed by atoms with Crippen LogP contribution >= 0.6 is 11.8 Å². The Labute approximate surface area is 196 Å². The van der Waals surface area contributed by atoms with Crippen LogP contribution in [0.5, 0.6) is 0 Å². The van der Waals surface area contributed by atoms with Crippen molar-refractivity contribution < 1.29 is 13.2 Å². The van der Waals surface area contributed by atoms with Gasteiger partial charge in [-0.05, 0) is 68.5 Å². The van der Waals surface area contributed by atoms with Crippen LogP contribution in [0.3, 0.4) is 0 Å². The minimum Gasteiger partial charge on any atom is -0.368 e. The Morgan fingerprint density at radius 1 is 1.03 bits per heavy atom. The van der Waals surface area contributed by atoms with Crippen LogP contribution in [0.2, 0.25) is 0 Å². The van der Waals surface area contributed by atoms with E-state index in [1.165, 1.54) is 16.8 Å². The summed E-state index contributed by atoms with van der Waals surface area (Å²) >= 11 is 1.60. The molecular weight excluding hydrogens is 442 g/mol. The van der Waals surface area contributed by atoms with E-state index < -0.39 is 16.1 Å². The van der Waals surface area contributed by atoms with Gasteiger partial charge in [-0.3, -0.25) is 4.79 Å². The molecule has 174 valence electrons. The molecule has 0 aliphatic carbocycles. The Kier molecular flexibility index (Phi) is 8.25. The number of amides is 1. The number of aryl methyl sites for hydroxylation is 2. The first-order valence-corrected chi connectivity index (χ1v) is 13.8. The fraction of sp³-hybridized carbons (Fsp3) is 0.458. The second-order valence-electron chi connectivity index (χ2n) is 8.30. The largest absolute Gasteiger partial charge is 0.368 e. The molecule has 1 unspecified atom stereocenters. The third kappa shape index (κ3) is 5.85. The van der Waals surface area contributed by atoms with E-state index in [1.807, 2.05) is 13.2 Å². The molecule has 0 saturated carbocycles. The number of carbonyl (C=O) groups is 1. The fourth-order valence-corrected chi connectivity index (χ4v) is 5.60. The van der Waals surface area contributed by atoms with Crippen LogP contribution in [0.15, 0.2) is 47.4 Å². The summed E-state index contributed by atoms with van der Waals surface area (Å²) in [5.74, 6) is 0.560. The summed E-state index contributed by atoms with van der Waals surface area (Å²) in [6.45, 7) is 8.76. The summed E-state index contributed by atoms with van der Waals surface area (Å²) in [6.07, 6.45) is 2.42. The van der Waals surface area contributed by atoms with Gasteiger partial charge in [0.05, 0.1) is 4.90 Å². The number of nitrogens with zero attached hydrogens (tertiary/aromatic N) is 2. The van der Waals surface area contributed by atoms with Crippen molar-refractivity contribution in [3.63, 3.8) is 0 Å². The number of piperazine rings is 1. The lowest BCUT2D eigenvalue weighted by atomic mass is 10.1. The van der Waals surface area contributed by atoms with Crippen LogP contribution < -0.4 is 9.62 Å². The van der Waals surface area contributed by atoms with Gasteiger partial charge in [0.1, 0.15) is 6.04 Å². The van der Waals surface area contributed by atoms with Crippen molar-refractivity contribution in [1.29, 1.82) is 0 Å². The maximum Gasteiger partial charge on any atom is 0.241 e. The monoisotopic (exact) mass is 475 g/mol. The lowest BCUT2D eigenvalue weighted by molar-refractivity contribution is -0.133. The summed E-state index contributed by atoms with van der Waals surface area (Å²) in [5, 5.41) is 0. The van der Waals surface area contributed by atoms with Gasteiger partial charge in [0.15, 0.2) is 0 Å². The molecule has 0 aromatic heterocycles. The first-order chi connectivity index (χ1) is 15.2. The number of anilines is 1. The predicted octanol–water partition coefficient (Wildman–Crippen LogP) is 3.36. The fourth-order valence-electron chi connectivity index (χ4n) is 3.91. The summed E-state index contributed by atoms with van der Waals surface area (Å²) in [6, 6.07) is 12.2. The molecular formula is C24H33N3O3S2. The Morgan fingerprint density at radius 3 is 2.31 bits per heavy atom. The highest BCUT2D eigenvalue weighted by Crippen LogP contribution is 2.24. The van der Waals surface area contributed by atoms with Gasteiger partial charge >= 0.3 is 0 Å². The van der Waals surface area contributed by atoms with Crippen molar-refractivity contribution in [2.75, 3.05) is 43.1 Å². The molecule has 1 fully saturated rings. The van der Waals surface area contributed by atoms with E-state index in [0.717, 1.165) is 18.7 Å². The van der Waals surface area contributed by atoms with Crippen molar-refractivity contribution in [1.82, 2.24) is 9.62 Å². The molecule has 1 heterocycles. The third-order valence-corrected chi connectivity index (χ3v) is 8.18. The molecule has 6 nitrogen and oxygen atoms in total. The van der Waals surface area contributed by atoms with Gasteiger partial charge in [0.2, 0.25) is 15.9 Å². The molecule has 1 atom stereocenters. The number of rotatable bonds is 8. The van der Waals surface area contributed by atoms with E-state index in [2.05, 4.69) is 41.7 Å². The first kappa shape index (κ1) is 24.6. The van der Waals surface area contributed by atoms with Crippen LogP contribution in [0.1, 0.15) is 23.1 Å². The number of carbonyl (C=O) groups excluding carboxylic acids is 1. The Morgan fingerprint density at radius 2 is 1.69 bits per heavy atom. The van der Waals surface area contributed by atoms with Gasteiger partial charge < -0.3 is 9.80 Å². The standard InChI is InChI=1S/C24H33N3O3S2/c1-18-8-10-21(11-9-18)32(29,30)25-22(12-17-31-4)24(28)27-15-13-26(14-16-27)23-7-5-6-19(2)20(23)3/h5-11,22,25H,12-17H2,1-4H3. The SMILES string of the molecule is CSCCC(NS(=O)(=O)c1ccc(C)cc1)C(=O)N1CCN(c2cccc(C)c2C)CC1. The maximum atomic E-state index is 13.3. The molecule has 0 bridgehead atoms. The van der Waals surface area contributed by atoms with E-state index >= 15 is 0 Å². The molecule has 0 radical (unpaired) electrons. The van der Waals surface area contributed by atoms with Gasteiger partial charge in [-0.2, -0.15) is 16.5 Å². The molecule has 3 rings (SSSR count). The number of hydrogen-bond acceptors (Lipinski definition) is 5. The van der Waals surface area contributed by atoms with Crippen LogP contribution in [0.4, 0.5) is 5.69 Å². The predicted molar refractivity (Wildman–Crippen MR) is 133 cm³/mol. The number of hydrogen-bond donors (Lipinski definition) is 1. The average Bonchev–Trinajstić information content (AvgIpc) is 2.78. The molecule has 1 aliphatic heterocycles. The molecule has 2 aromatic carbocycles. The third-order valence-electron chi connectivity index (χ3n) is 6.05. The highest BCUT2D eigenvalue weighted by molar-refractivity contribution is 7.98. The second-order valence-corrected chi connectivity index (χ2v) is 11.0. The molecule has 2 aromatic rings. The molecule has 32 heavy (non-hydrogen) atoms. The lowest BCUT2D eigenvalue weighted by Gasteiger charge is -2.38. The maximum absolute atomic E-state index is 13.3. The summed E-state index contributed by atoms with van der Waals surface area (Å²) in [7, 11) is -3.77. The van der Waals surface area contributed by atoms with Crippen LogP contribution in [0, 0.1) is 20.8 Å². The quantitative estimate of drug-likeness (QED) is 0.634. The van der Waals surface area contributed by atoms with Crippen molar-refractivity contribution in [3.05, 3.63) is 59.2 Å². The number of sulfonamides is 1. The second kappa shape index (κ2) is 10.7. The van der Waals surface area contributed by atoms with E-state index in [1.54, 1.807) is 40.9 Å². The minimum atomic E-state index is -3.77. The van der Waals surface area contributed by atoms with Crippen molar-refractivity contribution in [3.8, 4) is 0 Å². The van der Waals surface area contributed by atoms with Gasteiger partial charge in [-0.15, -0.1) is 0 Å². The van der Waals surface area contributed by atoms with Crippen molar-refractivity contribution >= 4 is 33.4 Å². The van der Waals surface area contributed by atoms with Crippen LogP contribution in [0.25, 0.3) is 0 Å². The Balaban J connectivity index is 1.69. The van der Waals surface area contributed by atoms with Gasteiger partial charge in [0, 0.05) is 31.9 Å². The summed E-state index contributed by atoms with van der Waals surface area (Å²) < 4.78 is 28.5. The van der Waals surface area contributed by atoms with Gasteiger partial charge in [-0.25, -0.2) is 8.42 Å².